The Morgan fingerprint density at radius 1 is 0.926 bits per heavy atom. The van der Waals surface area contributed by atoms with Gasteiger partial charge in [0.25, 0.3) is 11.8 Å². The number of carbonyl (C=O) groups excluding carboxylic acids is 2. The summed E-state index contributed by atoms with van der Waals surface area (Å²) in [4.78, 5) is 24.0. The van der Waals surface area contributed by atoms with Gasteiger partial charge in [-0.25, -0.2) is 0 Å². The number of hydrogen-bond donors (Lipinski definition) is 2. The van der Waals surface area contributed by atoms with E-state index < -0.39 is 17.9 Å². The Kier molecular flexibility index (Phi) is 7.67. The zero-order chi connectivity index (χ0) is 19.6. The van der Waals surface area contributed by atoms with Crippen molar-refractivity contribution in [2.24, 2.45) is 0 Å². The summed E-state index contributed by atoms with van der Waals surface area (Å²) in [5.74, 6) is 0.753. The van der Waals surface area contributed by atoms with E-state index in [2.05, 4.69) is 24.7 Å². The summed E-state index contributed by atoms with van der Waals surface area (Å²) in [5, 5.41) is 0. The van der Waals surface area contributed by atoms with Crippen LogP contribution in [0.5, 0.6) is 11.5 Å². The summed E-state index contributed by atoms with van der Waals surface area (Å²) >= 11 is 0. The average Bonchev–Trinajstić information content (AvgIpc) is 2.69. The fraction of sp³-hybridized carbons (Fsp3) is 0.333. The van der Waals surface area contributed by atoms with Gasteiger partial charge in [0.1, 0.15) is 11.5 Å². The Morgan fingerprint density at radius 3 is 2.19 bits per heavy atom. The van der Waals surface area contributed by atoms with Gasteiger partial charge in [-0.2, -0.15) is 0 Å². The van der Waals surface area contributed by atoms with Gasteiger partial charge in [0.15, 0.2) is 12.7 Å². The maximum absolute atomic E-state index is 12.2. The number of carbonyl (C=O) groups is 2. The Labute approximate surface area is 159 Å². The van der Waals surface area contributed by atoms with E-state index >= 15 is 0 Å². The van der Waals surface area contributed by atoms with E-state index in [9.17, 15) is 9.59 Å². The molecule has 0 fully saturated rings. The summed E-state index contributed by atoms with van der Waals surface area (Å²) in [6.45, 7) is 5.85. The second-order valence-electron chi connectivity index (χ2n) is 6.38. The van der Waals surface area contributed by atoms with Crippen LogP contribution in [0.3, 0.4) is 0 Å². The summed E-state index contributed by atoms with van der Waals surface area (Å²) < 4.78 is 11.0. The lowest BCUT2D eigenvalue weighted by Gasteiger charge is -2.17. The fourth-order valence-corrected chi connectivity index (χ4v) is 2.33. The normalized spacial score (nSPS) is 11.6. The van der Waals surface area contributed by atoms with E-state index in [0.717, 1.165) is 0 Å². The number of hydrazine groups is 1. The number of benzene rings is 2. The quantitative estimate of drug-likeness (QED) is 0.700. The molecule has 2 N–H and O–H groups in total. The van der Waals surface area contributed by atoms with E-state index in [1.165, 1.54) is 5.56 Å². The SMILES string of the molecule is CCC(Oc1ccccc1)C(=O)NNC(=O)COc1ccc(C(C)C)cc1. The number of nitrogens with one attached hydrogen (secondary N) is 2. The molecular weight excluding hydrogens is 344 g/mol. The number of hydrogen-bond acceptors (Lipinski definition) is 4. The van der Waals surface area contributed by atoms with Crippen molar-refractivity contribution in [3.05, 3.63) is 60.2 Å². The highest BCUT2D eigenvalue weighted by Crippen LogP contribution is 2.18. The molecule has 0 heterocycles. The van der Waals surface area contributed by atoms with Gasteiger partial charge in [0, 0.05) is 0 Å². The Balaban J connectivity index is 1.75. The molecule has 1 atom stereocenters. The molecule has 6 heteroatoms. The van der Waals surface area contributed by atoms with Crippen LogP contribution in [0.25, 0.3) is 0 Å². The van der Waals surface area contributed by atoms with Crippen LogP contribution in [-0.2, 0) is 9.59 Å². The minimum Gasteiger partial charge on any atom is -0.484 e. The topological polar surface area (TPSA) is 76.7 Å². The van der Waals surface area contributed by atoms with Crippen LogP contribution in [0, 0.1) is 0 Å². The first-order chi connectivity index (χ1) is 13.0. The van der Waals surface area contributed by atoms with Crippen LogP contribution in [0.15, 0.2) is 54.6 Å². The number of ether oxygens (including phenoxy) is 2. The third kappa shape index (κ3) is 6.66. The highest BCUT2D eigenvalue weighted by atomic mass is 16.5. The number of rotatable bonds is 8. The standard InChI is InChI=1S/C21H26N2O4/c1-4-19(27-18-8-6-5-7-9-18)21(25)23-22-20(24)14-26-17-12-10-16(11-13-17)15(2)3/h5-13,15,19H,4,14H2,1-3H3,(H,22,24)(H,23,25). The van der Waals surface area contributed by atoms with Gasteiger partial charge in [-0.15, -0.1) is 0 Å². The molecule has 0 aliphatic carbocycles. The van der Waals surface area contributed by atoms with Crippen molar-refractivity contribution in [1.82, 2.24) is 10.9 Å². The zero-order valence-electron chi connectivity index (χ0n) is 15.9. The van der Waals surface area contributed by atoms with Gasteiger partial charge < -0.3 is 9.47 Å². The predicted molar refractivity (Wildman–Crippen MR) is 103 cm³/mol. The van der Waals surface area contributed by atoms with Crippen molar-refractivity contribution in [2.75, 3.05) is 6.61 Å². The highest BCUT2D eigenvalue weighted by molar-refractivity contribution is 5.85. The summed E-state index contributed by atoms with van der Waals surface area (Å²) in [5.41, 5.74) is 5.91. The van der Waals surface area contributed by atoms with Gasteiger partial charge in [-0.3, -0.25) is 20.4 Å². The first-order valence-corrected chi connectivity index (χ1v) is 9.02. The average molecular weight is 370 g/mol. The molecule has 0 aromatic heterocycles. The molecule has 2 aromatic carbocycles. The molecule has 6 nitrogen and oxygen atoms in total. The first kappa shape index (κ1) is 20.3. The zero-order valence-corrected chi connectivity index (χ0v) is 15.9. The molecule has 144 valence electrons. The molecule has 27 heavy (non-hydrogen) atoms. The highest BCUT2D eigenvalue weighted by Gasteiger charge is 2.18. The molecule has 0 bridgehead atoms. The third-order valence-corrected chi connectivity index (χ3v) is 3.93. The van der Waals surface area contributed by atoms with E-state index in [0.29, 0.717) is 23.8 Å². The van der Waals surface area contributed by atoms with Crippen molar-refractivity contribution >= 4 is 11.8 Å². The Morgan fingerprint density at radius 2 is 1.59 bits per heavy atom. The predicted octanol–water partition coefficient (Wildman–Crippen LogP) is 3.19. The lowest BCUT2D eigenvalue weighted by atomic mass is 10.0. The smallest absolute Gasteiger partial charge is 0.279 e. The minimum absolute atomic E-state index is 0.197. The maximum Gasteiger partial charge on any atom is 0.279 e. The van der Waals surface area contributed by atoms with Crippen LogP contribution in [0.2, 0.25) is 0 Å². The van der Waals surface area contributed by atoms with E-state index in [1.54, 1.807) is 12.1 Å². The summed E-state index contributed by atoms with van der Waals surface area (Å²) in [7, 11) is 0. The van der Waals surface area contributed by atoms with Crippen molar-refractivity contribution in [3.8, 4) is 11.5 Å². The molecule has 0 radical (unpaired) electrons. The molecular formula is C21H26N2O4. The van der Waals surface area contributed by atoms with Gasteiger partial charge in [0.2, 0.25) is 0 Å². The molecule has 0 aliphatic rings. The van der Waals surface area contributed by atoms with Crippen LogP contribution < -0.4 is 20.3 Å². The van der Waals surface area contributed by atoms with Crippen molar-refractivity contribution in [1.29, 1.82) is 0 Å². The number of amides is 2. The Hall–Kier alpha value is -3.02. The van der Waals surface area contributed by atoms with Gasteiger partial charge in [-0.05, 0) is 42.2 Å². The van der Waals surface area contributed by atoms with Crippen molar-refractivity contribution in [3.63, 3.8) is 0 Å². The van der Waals surface area contributed by atoms with Gasteiger partial charge in [-0.1, -0.05) is 51.1 Å². The fourth-order valence-electron chi connectivity index (χ4n) is 2.33. The van der Waals surface area contributed by atoms with Crippen LogP contribution in [0.1, 0.15) is 38.7 Å². The van der Waals surface area contributed by atoms with Gasteiger partial charge >= 0.3 is 0 Å². The van der Waals surface area contributed by atoms with E-state index in [-0.39, 0.29) is 6.61 Å². The molecule has 1 unspecified atom stereocenters. The van der Waals surface area contributed by atoms with Crippen molar-refractivity contribution < 1.29 is 19.1 Å². The molecule has 0 spiro atoms. The van der Waals surface area contributed by atoms with Crippen molar-refractivity contribution in [2.45, 2.75) is 39.2 Å². The van der Waals surface area contributed by atoms with Crippen LogP contribution >= 0.6 is 0 Å². The lowest BCUT2D eigenvalue weighted by Crippen LogP contribution is -2.49. The molecule has 0 saturated carbocycles. The summed E-state index contributed by atoms with van der Waals surface area (Å²) in [6, 6.07) is 16.6. The second-order valence-corrected chi connectivity index (χ2v) is 6.38. The molecule has 2 amide bonds. The van der Waals surface area contributed by atoms with Crippen LogP contribution in [0.4, 0.5) is 0 Å². The molecule has 0 saturated heterocycles. The third-order valence-electron chi connectivity index (χ3n) is 3.93. The van der Waals surface area contributed by atoms with Crippen LogP contribution in [-0.4, -0.2) is 24.5 Å². The molecule has 2 rings (SSSR count). The minimum atomic E-state index is -0.697. The summed E-state index contributed by atoms with van der Waals surface area (Å²) in [6.07, 6.45) is -0.229. The first-order valence-electron chi connectivity index (χ1n) is 9.02. The second kappa shape index (κ2) is 10.2. The maximum atomic E-state index is 12.2. The largest absolute Gasteiger partial charge is 0.484 e. The molecule has 0 aliphatic heterocycles. The lowest BCUT2D eigenvalue weighted by molar-refractivity contribution is -0.134. The van der Waals surface area contributed by atoms with E-state index in [4.69, 9.17) is 9.47 Å². The monoisotopic (exact) mass is 370 g/mol. The number of para-hydroxylation sites is 1. The molecule has 2 aromatic rings. The van der Waals surface area contributed by atoms with Gasteiger partial charge in [0.05, 0.1) is 0 Å². The van der Waals surface area contributed by atoms with E-state index in [1.807, 2.05) is 49.4 Å². The Bertz CT molecular complexity index is 730.